The molecule has 0 spiro atoms. The molecule has 5 nitrogen and oxygen atoms in total. The van der Waals surface area contributed by atoms with Crippen molar-refractivity contribution in [1.29, 1.82) is 5.26 Å². The molecule has 5 heteroatoms. The van der Waals surface area contributed by atoms with Gasteiger partial charge in [0, 0.05) is 25.2 Å². The molecule has 0 aromatic heterocycles. The quantitative estimate of drug-likeness (QED) is 0.849. The van der Waals surface area contributed by atoms with Gasteiger partial charge in [-0.25, -0.2) is 4.79 Å². The number of carbonyl (C=O) groups is 1. The normalized spacial score (nSPS) is 20.9. The van der Waals surface area contributed by atoms with Gasteiger partial charge in [0.25, 0.3) is 0 Å². The van der Waals surface area contributed by atoms with E-state index >= 15 is 0 Å². The molecule has 1 aliphatic heterocycles. The summed E-state index contributed by atoms with van der Waals surface area (Å²) in [6.45, 7) is 7.01. The van der Waals surface area contributed by atoms with Crippen molar-refractivity contribution < 1.29 is 9.53 Å². The van der Waals surface area contributed by atoms with Gasteiger partial charge >= 0.3 is 6.09 Å². The van der Waals surface area contributed by atoms with Crippen LogP contribution in [0.4, 0.5) is 4.79 Å². The van der Waals surface area contributed by atoms with Crippen LogP contribution in [-0.2, 0) is 11.3 Å². The number of amides is 1. The van der Waals surface area contributed by atoms with E-state index < -0.39 is 5.60 Å². The summed E-state index contributed by atoms with van der Waals surface area (Å²) in [5, 5.41) is 9.08. The largest absolute Gasteiger partial charge is 0.444 e. The van der Waals surface area contributed by atoms with Crippen molar-refractivity contribution in [1.82, 2.24) is 9.80 Å². The molecule has 0 unspecified atom stereocenters. The fraction of sp³-hybridized carbons (Fsp3) is 0.579. The summed E-state index contributed by atoms with van der Waals surface area (Å²) in [6, 6.07) is 12.6. The smallest absolute Gasteiger partial charge is 0.410 e. The predicted octanol–water partition coefficient (Wildman–Crippen LogP) is 3.41. The number of likely N-dealkylation sites (N-methyl/N-ethyl adjacent to an activating group) is 1. The lowest BCUT2D eigenvalue weighted by atomic mass is 10.1. The van der Waals surface area contributed by atoms with Crippen LogP contribution in [0.2, 0.25) is 0 Å². The molecule has 1 amide bonds. The zero-order valence-corrected chi connectivity index (χ0v) is 15.0. The van der Waals surface area contributed by atoms with E-state index in [1.165, 1.54) is 5.56 Å². The molecule has 1 aromatic rings. The summed E-state index contributed by atoms with van der Waals surface area (Å²) in [5.74, 6) is 0. The standard InChI is InChI=1S/C19H27N3O2/c1-19(2,3)24-18(23)22-14-17(12-16(22)10-11-20)21(4)13-15-8-6-5-7-9-15/h5-9,16-17H,10,12-14H2,1-4H3/t16-,17+/m0/s1. The van der Waals surface area contributed by atoms with Crippen molar-refractivity contribution >= 4 is 6.09 Å². The highest BCUT2D eigenvalue weighted by atomic mass is 16.6. The summed E-state index contributed by atoms with van der Waals surface area (Å²) < 4.78 is 5.50. The van der Waals surface area contributed by atoms with Crippen LogP contribution >= 0.6 is 0 Å². The Hall–Kier alpha value is -2.06. The fourth-order valence-corrected chi connectivity index (χ4v) is 3.05. The highest BCUT2D eigenvalue weighted by molar-refractivity contribution is 5.69. The van der Waals surface area contributed by atoms with E-state index in [0.717, 1.165) is 13.0 Å². The molecule has 0 aliphatic carbocycles. The Kier molecular flexibility index (Phi) is 5.84. The number of nitrogens with zero attached hydrogens (tertiary/aromatic N) is 3. The number of rotatable bonds is 4. The van der Waals surface area contributed by atoms with Crippen LogP contribution in [0.1, 0.15) is 39.2 Å². The topological polar surface area (TPSA) is 56.6 Å². The highest BCUT2D eigenvalue weighted by Crippen LogP contribution is 2.26. The monoisotopic (exact) mass is 329 g/mol. The second-order valence-electron chi connectivity index (χ2n) is 7.44. The van der Waals surface area contributed by atoms with E-state index in [9.17, 15) is 4.79 Å². The molecular formula is C19H27N3O2. The molecule has 24 heavy (non-hydrogen) atoms. The van der Waals surface area contributed by atoms with Gasteiger partial charge in [-0.1, -0.05) is 30.3 Å². The van der Waals surface area contributed by atoms with E-state index in [1.807, 2.05) is 39.0 Å². The molecule has 1 heterocycles. The molecule has 0 N–H and O–H groups in total. The van der Waals surface area contributed by atoms with Crippen molar-refractivity contribution in [3.05, 3.63) is 35.9 Å². The van der Waals surface area contributed by atoms with Crippen LogP contribution in [0, 0.1) is 11.3 Å². The van der Waals surface area contributed by atoms with E-state index in [2.05, 4.69) is 30.1 Å². The lowest BCUT2D eigenvalue weighted by Crippen LogP contribution is -2.41. The van der Waals surface area contributed by atoms with Gasteiger partial charge in [0.2, 0.25) is 0 Å². The Morgan fingerprint density at radius 3 is 2.62 bits per heavy atom. The summed E-state index contributed by atoms with van der Waals surface area (Å²) in [5.41, 5.74) is 0.718. The van der Waals surface area contributed by atoms with Crippen LogP contribution < -0.4 is 0 Å². The average Bonchev–Trinajstić information content (AvgIpc) is 2.91. The van der Waals surface area contributed by atoms with Crippen molar-refractivity contribution in [3.8, 4) is 6.07 Å². The summed E-state index contributed by atoms with van der Waals surface area (Å²) in [7, 11) is 2.07. The minimum Gasteiger partial charge on any atom is -0.444 e. The van der Waals surface area contributed by atoms with E-state index in [1.54, 1.807) is 4.90 Å². The van der Waals surface area contributed by atoms with E-state index in [0.29, 0.717) is 13.0 Å². The van der Waals surface area contributed by atoms with Crippen LogP contribution in [0.5, 0.6) is 0 Å². The third-order valence-corrected chi connectivity index (χ3v) is 4.25. The van der Waals surface area contributed by atoms with Crippen LogP contribution in [-0.4, -0.2) is 47.2 Å². The van der Waals surface area contributed by atoms with Crippen LogP contribution in [0.3, 0.4) is 0 Å². The summed E-state index contributed by atoms with van der Waals surface area (Å²) in [4.78, 5) is 16.4. The first kappa shape index (κ1) is 18.3. The number of benzene rings is 1. The maximum Gasteiger partial charge on any atom is 0.410 e. The minimum atomic E-state index is -0.525. The minimum absolute atomic E-state index is 0.0759. The fourth-order valence-electron chi connectivity index (χ4n) is 3.05. The van der Waals surface area contributed by atoms with Gasteiger partial charge in [0.05, 0.1) is 12.5 Å². The molecule has 1 aromatic carbocycles. The van der Waals surface area contributed by atoms with Crippen molar-refractivity contribution in [2.75, 3.05) is 13.6 Å². The Morgan fingerprint density at radius 1 is 1.38 bits per heavy atom. The number of ether oxygens (including phenoxy) is 1. The lowest BCUT2D eigenvalue weighted by molar-refractivity contribution is 0.0220. The molecule has 0 saturated carbocycles. The SMILES string of the molecule is CN(Cc1ccccc1)[C@@H]1C[C@H](CC#N)N(C(=O)OC(C)(C)C)C1. The second-order valence-corrected chi connectivity index (χ2v) is 7.44. The molecule has 0 radical (unpaired) electrons. The lowest BCUT2D eigenvalue weighted by Gasteiger charge is -2.28. The van der Waals surface area contributed by atoms with E-state index in [4.69, 9.17) is 10.00 Å². The van der Waals surface area contributed by atoms with Gasteiger partial charge in [0.1, 0.15) is 5.60 Å². The van der Waals surface area contributed by atoms with Crippen LogP contribution in [0.15, 0.2) is 30.3 Å². The number of carbonyl (C=O) groups excluding carboxylic acids is 1. The molecular weight excluding hydrogens is 302 g/mol. The third kappa shape index (κ3) is 4.97. The first-order valence-corrected chi connectivity index (χ1v) is 8.41. The molecule has 130 valence electrons. The third-order valence-electron chi connectivity index (χ3n) is 4.25. The zero-order valence-electron chi connectivity index (χ0n) is 15.0. The average molecular weight is 329 g/mol. The second kappa shape index (κ2) is 7.67. The maximum atomic E-state index is 12.4. The number of likely N-dealkylation sites (tertiary alicyclic amines) is 1. The van der Waals surface area contributed by atoms with Crippen molar-refractivity contribution in [2.24, 2.45) is 0 Å². The molecule has 1 saturated heterocycles. The van der Waals surface area contributed by atoms with Gasteiger partial charge < -0.3 is 9.64 Å². The summed E-state index contributed by atoms with van der Waals surface area (Å²) in [6.07, 6.45) is 0.823. The highest BCUT2D eigenvalue weighted by Gasteiger charge is 2.38. The number of hydrogen-bond acceptors (Lipinski definition) is 4. The van der Waals surface area contributed by atoms with Crippen molar-refractivity contribution in [3.63, 3.8) is 0 Å². The van der Waals surface area contributed by atoms with Gasteiger partial charge in [-0.3, -0.25) is 4.90 Å². The van der Waals surface area contributed by atoms with Gasteiger partial charge in [0.15, 0.2) is 0 Å². The number of hydrogen-bond donors (Lipinski definition) is 0. The summed E-state index contributed by atoms with van der Waals surface area (Å²) >= 11 is 0. The molecule has 1 aliphatic rings. The molecule has 2 rings (SSSR count). The van der Waals surface area contributed by atoms with Crippen molar-refractivity contribution in [2.45, 2.75) is 57.8 Å². The Labute approximate surface area is 144 Å². The Balaban J connectivity index is 2.03. The first-order valence-electron chi connectivity index (χ1n) is 8.41. The zero-order chi connectivity index (χ0) is 17.7. The molecule has 1 fully saturated rings. The molecule has 0 bridgehead atoms. The maximum absolute atomic E-state index is 12.4. The van der Waals surface area contributed by atoms with Gasteiger partial charge in [-0.2, -0.15) is 5.26 Å². The van der Waals surface area contributed by atoms with Crippen LogP contribution in [0.25, 0.3) is 0 Å². The Morgan fingerprint density at radius 2 is 2.04 bits per heavy atom. The molecule has 2 atom stereocenters. The first-order chi connectivity index (χ1) is 11.3. The van der Waals surface area contributed by atoms with Gasteiger partial charge in [-0.15, -0.1) is 0 Å². The van der Waals surface area contributed by atoms with Gasteiger partial charge in [-0.05, 0) is 39.8 Å². The Bertz CT molecular complexity index is 589. The number of nitriles is 1. The van der Waals surface area contributed by atoms with E-state index in [-0.39, 0.29) is 18.2 Å². The predicted molar refractivity (Wildman–Crippen MR) is 93.3 cm³/mol.